The summed E-state index contributed by atoms with van der Waals surface area (Å²) in [6.07, 6.45) is 0. The van der Waals surface area contributed by atoms with Gasteiger partial charge in [-0.15, -0.1) is 0 Å². The van der Waals surface area contributed by atoms with E-state index in [9.17, 15) is 9.59 Å². The van der Waals surface area contributed by atoms with Gasteiger partial charge in [-0.25, -0.2) is 0 Å². The van der Waals surface area contributed by atoms with Crippen LogP contribution >= 0.6 is 0 Å². The molecular formula is C11H21N3O3. The van der Waals surface area contributed by atoms with Crippen molar-refractivity contribution in [2.75, 3.05) is 46.4 Å². The highest BCUT2D eigenvalue weighted by Gasteiger charge is 2.24. The molecule has 0 aliphatic carbocycles. The average Bonchev–Trinajstić information content (AvgIpc) is 2.37. The SMILES string of the molecule is COC(=O)CN1CCN(C(=O)C(C)CN)CC1. The number of carbonyl (C=O) groups is 2. The van der Waals surface area contributed by atoms with Gasteiger partial charge in [0, 0.05) is 38.6 Å². The standard InChI is InChI=1S/C11H21N3O3/c1-9(7-12)11(16)14-5-3-13(4-6-14)8-10(15)17-2/h9H,3-8,12H2,1-2H3. The lowest BCUT2D eigenvalue weighted by molar-refractivity contribution is -0.143. The van der Waals surface area contributed by atoms with Crippen LogP contribution < -0.4 is 5.73 Å². The molecule has 1 aliphatic heterocycles. The molecule has 1 aliphatic rings. The second-order valence-corrected chi connectivity index (χ2v) is 4.31. The molecular weight excluding hydrogens is 222 g/mol. The summed E-state index contributed by atoms with van der Waals surface area (Å²) in [5.41, 5.74) is 5.47. The molecule has 2 N–H and O–H groups in total. The molecule has 1 heterocycles. The Morgan fingerprint density at radius 2 is 1.88 bits per heavy atom. The van der Waals surface area contributed by atoms with Crippen LogP contribution in [0, 0.1) is 5.92 Å². The van der Waals surface area contributed by atoms with E-state index in [-0.39, 0.29) is 17.8 Å². The van der Waals surface area contributed by atoms with Crippen LogP contribution in [0.15, 0.2) is 0 Å². The van der Waals surface area contributed by atoms with Crippen molar-refractivity contribution in [1.29, 1.82) is 0 Å². The van der Waals surface area contributed by atoms with Crippen LogP contribution in [0.25, 0.3) is 0 Å². The van der Waals surface area contributed by atoms with Gasteiger partial charge in [0.2, 0.25) is 5.91 Å². The monoisotopic (exact) mass is 243 g/mol. The third-order valence-corrected chi connectivity index (χ3v) is 3.04. The number of nitrogens with zero attached hydrogens (tertiary/aromatic N) is 2. The summed E-state index contributed by atoms with van der Waals surface area (Å²) in [6, 6.07) is 0. The number of methoxy groups -OCH3 is 1. The molecule has 1 fully saturated rings. The van der Waals surface area contributed by atoms with Crippen molar-refractivity contribution in [1.82, 2.24) is 9.80 Å². The topological polar surface area (TPSA) is 75.9 Å². The fraction of sp³-hybridized carbons (Fsp3) is 0.818. The first kappa shape index (κ1) is 13.9. The molecule has 0 aromatic carbocycles. The zero-order valence-corrected chi connectivity index (χ0v) is 10.5. The minimum absolute atomic E-state index is 0.102. The van der Waals surface area contributed by atoms with Crippen molar-refractivity contribution >= 4 is 11.9 Å². The number of nitrogens with two attached hydrogens (primary N) is 1. The first-order chi connectivity index (χ1) is 8.08. The Balaban J connectivity index is 2.35. The van der Waals surface area contributed by atoms with E-state index < -0.39 is 0 Å². The molecule has 0 aromatic rings. The number of amides is 1. The van der Waals surface area contributed by atoms with E-state index in [1.165, 1.54) is 7.11 Å². The number of ether oxygens (including phenoxy) is 1. The van der Waals surface area contributed by atoms with Crippen molar-refractivity contribution in [3.8, 4) is 0 Å². The highest BCUT2D eigenvalue weighted by molar-refractivity contribution is 5.78. The van der Waals surface area contributed by atoms with Gasteiger partial charge in [0.1, 0.15) is 0 Å². The smallest absolute Gasteiger partial charge is 0.319 e. The molecule has 1 amide bonds. The summed E-state index contributed by atoms with van der Waals surface area (Å²) in [5.74, 6) is -0.257. The summed E-state index contributed by atoms with van der Waals surface area (Å²) in [6.45, 7) is 5.23. The van der Waals surface area contributed by atoms with Crippen molar-refractivity contribution < 1.29 is 14.3 Å². The van der Waals surface area contributed by atoms with Gasteiger partial charge < -0.3 is 15.4 Å². The second-order valence-electron chi connectivity index (χ2n) is 4.31. The summed E-state index contributed by atoms with van der Waals surface area (Å²) in [7, 11) is 1.38. The maximum atomic E-state index is 11.8. The lowest BCUT2D eigenvalue weighted by Crippen LogP contribution is -2.51. The van der Waals surface area contributed by atoms with E-state index in [4.69, 9.17) is 5.73 Å². The van der Waals surface area contributed by atoms with Crippen molar-refractivity contribution in [2.45, 2.75) is 6.92 Å². The van der Waals surface area contributed by atoms with Crippen LogP contribution in [0.2, 0.25) is 0 Å². The van der Waals surface area contributed by atoms with Crippen LogP contribution in [0.1, 0.15) is 6.92 Å². The average molecular weight is 243 g/mol. The van der Waals surface area contributed by atoms with E-state index in [2.05, 4.69) is 4.74 Å². The number of hydrogen-bond donors (Lipinski definition) is 1. The highest BCUT2D eigenvalue weighted by Crippen LogP contribution is 2.06. The lowest BCUT2D eigenvalue weighted by atomic mass is 10.1. The largest absolute Gasteiger partial charge is 0.468 e. The number of piperazine rings is 1. The number of rotatable bonds is 4. The molecule has 0 radical (unpaired) electrons. The second kappa shape index (κ2) is 6.56. The van der Waals surface area contributed by atoms with Crippen LogP contribution in [0.4, 0.5) is 0 Å². The lowest BCUT2D eigenvalue weighted by Gasteiger charge is -2.35. The van der Waals surface area contributed by atoms with E-state index in [0.717, 1.165) is 0 Å². The fourth-order valence-electron chi connectivity index (χ4n) is 1.79. The minimum Gasteiger partial charge on any atom is -0.468 e. The Bertz CT molecular complexity index is 275. The molecule has 6 nitrogen and oxygen atoms in total. The molecule has 1 rings (SSSR count). The van der Waals surface area contributed by atoms with Gasteiger partial charge in [-0.2, -0.15) is 0 Å². The van der Waals surface area contributed by atoms with E-state index >= 15 is 0 Å². The molecule has 0 aromatic heterocycles. The van der Waals surface area contributed by atoms with Crippen LogP contribution in [0.3, 0.4) is 0 Å². The summed E-state index contributed by atoms with van der Waals surface area (Å²) < 4.78 is 4.61. The van der Waals surface area contributed by atoms with Crippen LogP contribution in [0.5, 0.6) is 0 Å². The number of carbonyl (C=O) groups excluding carboxylic acids is 2. The molecule has 0 bridgehead atoms. The zero-order chi connectivity index (χ0) is 12.8. The molecule has 6 heteroatoms. The first-order valence-electron chi connectivity index (χ1n) is 5.86. The Kier molecular flexibility index (Phi) is 5.37. The van der Waals surface area contributed by atoms with Gasteiger partial charge in [-0.1, -0.05) is 6.92 Å². The van der Waals surface area contributed by atoms with Crippen LogP contribution in [-0.2, 0) is 14.3 Å². The zero-order valence-electron chi connectivity index (χ0n) is 10.5. The van der Waals surface area contributed by atoms with Gasteiger partial charge in [-0.3, -0.25) is 14.5 Å². The molecule has 1 unspecified atom stereocenters. The highest BCUT2D eigenvalue weighted by atomic mass is 16.5. The van der Waals surface area contributed by atoms with Gasteiger partial charge >= 0.3 is 5.97 Å². The minimum atomic E-state index is -0.236. The Labute approximate surface area is 102 Å². The molecule has 17 heavy (non-hydrogen) atoms. The third kappa shape index (κ3) is 3.98. The summed E-state index contributed by atoms with van der Waals surface area (Å²) in [5, 5.41) is 0. The third-order valence-electron chi connectivity index (χ3n) is 3.04. The summed E-state index contributed by atoms with van der Waals surface area (Å²) in [4.78, 5) is 26.7. The van der Waals surface area contributed by atoms with Crippen LogP contribution in [-0.4, -0.2) is 68.1 Å². The predicted molar refractivity (Wildman–Crippen MR) is 63.3 cm³/mol. The van der Waals surface area contributed by atoms with Gasteiger partial charge in [-0.05, 0) is 0 Å². The van der Waals surface area contributed by atoms with Gasteiger partial charge in [0.05, 0.1) is 13.7 Å². The van der Waals surface area contributed by atoms with E-state index in [0.29, 0.717) is 39.3 Å². The van der Waals surface area contributed by atoms with Crippen molar-refractivity contribution in [3.05, 3.63) is 0 Å². The molecule has 0 saturated carbocycles. The van der Waals surface area contributed by atoms with Gasteiger partial charge in [0.15, 0.2) is 0 Å². The normalized spacial score (nSPS) is 18.9. The van der Waals surface area contributed by atoms with Crippen molar-refractivity contribution in [3.63, 3.8) is 0 Å². The van der Waals surface area contributed by atoms with Crippen molar-refractivity contribution in [2.24, 2.45) is 11.7 Å². The Morgan fingerprint density at radius 3 is 2.35 bits per heavy atom. The Hall–Kier alpha value is -1.14. The number of esters is 1. The first-order valence-corrected chi connectivity index (χ1v) is 5.86. The van der Waals surface area contributed by atoms with E-state index in [1.54, 1.807) is 0 Å². The molecule has 1 saturated heterocycles. The van der Waals surface area contributed by atoms with E-state index in [1.807, 2.05) is 16.7 Å². The summed E-state index contributed by atoms with van der Waals surface area (Å²) >= 11 is 0. The molecule has 1 atom stereocenters. The fourth-order valence-corrected chi connectivity index (χ4v) is 1.79. The maximum Gasteiger partial charge on any atom is 0.319 e. The molecule has 98 valence electrons. The maximum absolute atomic E-state index is 11.8. The predicted octanol–water partition coefficient (Wildman–Crippen LogP) is -1.10. The number of hydrogen-bond acceptors (Lipinski definition) is 5. The quantitative estimate of drug-likeness (QED) is 0.634. The van der Waals surface area contributed by atoms with Gasteiger partial charge in [0.25, 0.3) is 0 Å². The molecule has 0 spiro atoms. The Morgan fingerprint density at radius 1 is 1.29 bits per heavy atom.